The molecule has 0 spiro atoms. The lowest BCUT2D eigenvalue weighted by molar-refractivity contribution is 0.295. The average molecular weight is 164 g/mol. The van der Waals surface area contributed by atoms with Crippen molar-refractivity contribution in [2.45, 2.75) is 31.9 Å². The zero-order valence-corrected chi connectivity index (χ0v) is 7.70. The Morgan fingerprint density at radius 3 is 2.20 bits per heavy atom. The maximum atomic E-state index is 11.2. The lowest BCUT2D eigenvalue weighted by atomic mass is 10.3. The van der Waals surface area contributed by atoms with Gasteiger partial charge in [0, 0.05) is 27.9 Å². The van der Waals surface area contributed by atoms with E-state index in [1.54, 1.807) is 0 Å². The Morgan fingerprint density at radius 2 is 1.90 bits per heavy atom. The molecule has 3 heteroatoms. The van der Waals surface area contributed by atoms with Gasteiger partial charge in [-0.05, 0) is 27.2 Å². The summed E-state index contributed by atoms with van der Waals surface area (Å²) in [4.78, 5) is 0. The molecule has 0 aliphatic carbocycles. The van der Waals surface area contributed by atoms with Gasteiger partial charge in [0.1, 0.15) is 0 Å². The molecule has 62 valence electrons. The first-order valence-electron chi connectivity index (χ1n) is 3.48. The standard InChI is InChI=1S/C7H16O2S/c1-7(2,3)10(9)6-4-5-8/h8H,4-6H2,1-3H3. The summed E-state index contributed by atoms with van der Waals surface area (Å²) in [7, 11) is -0.797. The van der Waals surface area contributed by atoms with Crippen LogP contribution in [0, 0.1) is 0 Å². The van der Waals surface area contributed by atoms with Crippen molar-refractivity contribution in [1.82, 2.24) is 0 Å². The SMILES string of the molecule is CC(C)(C)S(=O)CCCO. The van der Waals surface area contributed by atoms with E-state index >= 15 is 0 Å². The maximum absolute atomic E-state index is 11.2. The van der Waals surface area contributed by atoms with E-state index < -0.39 is 10.8 Å². The van der Waals surface area contributed by atoms with Gasteiger partial charge < -0.3 is 5.11 Å². The Balaban J connectivity index is 3.64. The predicted molar refractivity (Wildman–Crippen MR) is 44.5 cm³/mol. The van der Waals surface area contributed by atoms with Crippen LogP contribution in [0.4, 0.5) is 0 Å². The van der Waals surface area contributed by atoms with Crippen LogP contribution in [0.15, 0.2) is 0 Å². The molecule has 1 N–H and O–H groups in total. The zero-order chi connectivity index (χ0) is 8.20. The van der Waals surface area contributed by atoms with Gasteiger partial charge in [-0.3, -0.25) is 4.21 Å². The molecule has 10 heavy (non-hydrogen) atoms. The third kappa shape index (κ3) is 4.01. The summed E-state index contributed by atoms with van der Waals surface area (Å²) in [6, 6.07) is 0. The summed E-state index contributed by atoms with van der Waals surface area (Å²) in [5.74, 6) is 0.611. The zero-order valence-electron chi connectivity index (χ0n) is 6.89. The van der Waals surface area contributed by atoms with Crippen molar-refractivity contribution < 1.29 is 9.32 Å². The molecule has 0 heterocycles. The highest BCUT2D eigenvalue weighted by molar-refractivity contribution is 7.86. The summed E-state index contributed by atoms with van der Waals surface area (Å²) in [5, 5.41) is 8.45. The largest absolute Gasteiger partial charge is 0.396 e. The van der Waals surface area contributed by atoms with Gasteiger partial charge in [0.25, 0.3) is 0 Å². The first-order valence-corrected chi connectivity index (χ1v) is 4.79. The summed E-state index contributed by atoms with van der Waals surface area (Å²) < 4.78 is 11.1. The third-order valence-electron chi connectivity index (χ3n) is 1.17. The van der Waals surface area contributed by atoms with Crippen molar-refractivity contribution in [3.05, 3.63) is 0 Å². The van der Waals surface area contributed by atoms with E-state index in [0.717, 1.165) is 0 Å². The van der Waals surface area contributed by atoms with Crippen LogP contribution in [0.2, 0.25) is 0 Å². The Morgan fingerprint density at radius 1 is 1.40 bits per heavy atom. The normalized spacial score (nSPS) is 15.2. The minimum atomic E-state index is -0.797. The van der Waals surface area contributed by atoms with Gasteiger partial charge in [-0.1, -0.05) is 0 Å². The first-order chi connectivity index (χ1) is 4.48. The second-order valence-electron chi connectivity index (χ2n) is 3.24. The highest BCUT2D eigenvalue weighted by Crippen LogP contribution is 2.11. The van der Waals surface area contributed by atoms with Crippen molar-refractivity contribution in [3.8, 4) is 0 Å². The Hall–Kier alpha value is 0.110. The Bertz CT molecular complexity index is 115. The van der Waals surface area contributed by atoms with Crippen molar-refractivity contribution in [2.24, 2.45) is 0 Å². The van der Waals surface area contributed by atoms with Crippen molar-refractivity contribution >= 4 is 10.8 Å². The van der Waals surface area contributed by atoms with E-state index in [0.29, 0.717) is 12.2 Å². The van der Waals surface area contributed by atoms with Crippen LogP contribution in [0.1, 0.15) is 27.2 Å². The van der Waals surface area contributed by atoms with Gasteiger partial charge >= 0.3 is 0 Å². The molecule has 0 aromatic rings. The maximum Gasteiger partial charge on any atom is 0.0439 e. The van der Waals surface area contributed by atoms with E-state index in [9.17, 15) is 4.21 Å². The van der Waals surface area contributed by atoms with Gasteiger partial charge in [-0.15, -0.1) is 0 Å². The highest BCUT2D eigenvalue weighted by Gasteiger charge is 2.17. The van der Waals surface area contributed by atoms with Crippen LogP contribution in [0.25, 0.3) is 0 Å². The van der Waals surface area contributed by atoms with Gasteiger partial charge in [0.05, 0.1) is 0 Å². The minimum Gasteiger partial charge on any atom is -0.396 e. The van der Waals surface area contributed by atoms with Crippen LogP contribution in [0.3, 0.4) is 0 Å². The Kier molecular flexibility index (Phi) is 4.13. The average Bonchev–Trinajstić information content (AvgIpc) is 1.80. The van der Waals surface area contributed by atoms with Gasteiger partial charge in [0.15, 0.2) is 0 Å². The van der Waals surface area contributed by atoms with E-state index in [2.05, 4.69) is 0 Å². The van der Waals surface area contributed by atoms with Crippen LogP contribution >= 0.6 is 0 Å². The molecule has 0 amide bonds. The first kappa shape index (κ1) is 10.1. The van der Waals surface area contributed by atoms with E-state index in [1.165, 1.54) is 0 Å². The lowest BCUT2D eigenvalue weighted by Gasteiger charge is -2.16. The monoisotopic (exact) mass is 164 g/mol. The summed E-state index contributed by atoms with van der Waals surface area (Å²) in [5.41, 5.74) is 0. The molecule has 0 aromatic heterocycles. The molecule has 0 aromatic carbocycles. The van der Waals surface area contributed by atoms with Gasteiger partial charge in [0.2, 0.25) is 0 Å². The minimum absolute atomic E-state index is 0.130. The molecule has 2 nitrogen and oxygen atoms in total. The summed E-state index contributed by atoms with van der Waals surface area (Å²) in [6.45, 7) is 5.98. The third-order valence-corrected chi connectivity index (χ3v) is 3.20. The number of hydrogen-bond donors (Lipinski definition) is 1. The second-order valence-corrected chi connectivity index (χ2v) is 5.56. The van der Waals surface area contributed by atoms with E-state index in [4.69, 9.17) is 5.11 Å². The Labute approximate surface area is 65.1 Å². The molecule has 0 saturated carbocycles. The van der Waals surface area contributed by atoms with Crippen molar-refractivity contribution in [1.29, 1.82) is 0 Å². The molecule has 0 bridgehead atoms. The molecule has 0 fully saturated rings. The fourth-order valence-electron chi connectivity index (χ4n) is 0.502. The van der Waals surface area contributed by atoms with Gasteiger partial charge in [-0.2, -0.15) is 0 Å². The molecule has 0 rings (SSSR count). The molecule has 0 aliphatic heterocycles. The number of aliphatic hydroxyl groups is 1. The second kappa shape index (κ2) is 4.09. The summed E-state index contributed by atoms with van der Waals surface area (Å²) >= 11 is 0. The van der Waals surface area contributed by atoms with Crippen LogP contribution in [-0.4, -0.2) is 26.4 Å². The molecule has 0 radical (unpaired) electrons. The quantitative estimate of drug-likeness (QED) is 0.673. The molecular formula is C7H16O2S. The topological polar surface area (TPSA) is 37.3 Å². The van der Waals surface area contributed by atoms with Crippen molar-refractivity contribution in [2.75, 3.05) is 12.4 Å². The molecule has 0 aliphatic rings. The van der Waals surface area contributed by atoms with Crippen LogP contribution in [-0.2, 0) is 10.8 Å². The number of hydrogen-bond acceptors (Lipinski definition) is 2. The number of aliphatic hydroxyl groups excluding tert-OH is 1. The molecular weight excluding hydrogens is 148 g/mol. The van der Waals surface area contributed by atoms with Crippen LogP contribution in [0.5, 0.6) is 0 Å². The van der Waals surface area contributed by atoms with Crippen molar-refractivity contribution in [3.63, 3.8) is 0 Å². The lowest BCUT2D eigenvalue weighted by Crippen LogP contribution is -2.24. The predicted octanol–water partition coefficient (Wildman–Crippen LogP) is 0.916. The fraction of sp³-hybridized carbons (Fsp3) is 1.00. The van der Waals surface area contributed by atoms with Gasteiger partial charge in [-0.25, -0.2) is 0 Å². The molecule has 1 atom stereocenters. The molecule has 1 unspecified atom stereocenters. The number of rotatable bonds is 3. The summed E-state index contributed by atoms with van der Waals surface area (Å²) in [6.07, 6.45) is 0.643. The highest BCUT2D eigenvalue weighted by atomic mass is 32.2. The van der Waals surface area contributed by atoms with E-state index in [1.807, 2.05) is 20.8 Å². The smallest absolute Gasteiger partial charge is 0.0439 e. The van der Waals surface area contributed by atoms with Crippen LogP contribution < -0.4 is 0 Å². The van der Waals surface area contributed by atoms with E-state index in [-0.39, 0.29) is 11.4 Å². The fourth-order valence-corrected chi connectivity index (χ4v) is 1.51. The molecule has 0 saturated heterocycles.